The van der Waals surface area contributed by atoms with E-state index in [4.69, 9.17) is 9.78 Å². The van der Waals surface area contributed by atoms with Crippen LogP contribution in [0.4, 0.5) is 13.2 Å². The Morgan fingerprint density at radius 2 is 1.91 bits per heavy atom. The van der Waals surface area contributed by atoms with Gasteiger partial charge in [-0.15, -0.1) is 13.2 Å². The lowest BCUT2D eigenvalue weighted by Gasteiger charge is -2.14. The molecule has 3 aromatic rings. The molecule has 1 saturated heterocycles. The van der Waals surface area contributed by atoms with Crippen LogP contribution in [0.2, 0.25) is 0 Å². The van der Waals surface area contributed by atoms with Crippen molar-refractivity contribution >= 4 is 5.91 Å². The Hall–Kier alpha value is -3.91. The highest BCUT2D eigenvalue weighted by atomic mass is 19.4. The van der Waals surface area contributed by atoms with Crippen molar-refractivity contribution in [1.29, 1.82) is 5.26 Å². The van der Waals surface area contributed by atoms with Crippen molar-refractivity contribution < 1.29 is 27.2 Å². The smallest absolute Gasteiger partial charge is 0.406 e. The van der Waals surface area contributed by atoms with E-state index in [2.05, 4.69) is 20.2 Å². The van der Waals surface area contributed by atoms with E-state index in [0.717, 1.165) is 0 Å². The molecular weight excluding hydrogens is 439 g/mol. The number of aromatic nitrogens is 2. The number of likely N-dealkylation sites (N-methyl/N-ethyl adjacent to an activating group) is 1. The molecule has 4 rings (SSSR count). The van der Waals surface area contributed by atoms with Crippen LogP contribution in [0.5, 0.6) is 5.75 Å². The van der Waals surface area contributed by atoms with Crippen molar-refractivity contribution in [2.24, 2.45) is 0 Å². The van der Waals surface area contributed by atoms with Gasteiger partial charge in [0.1, 0.15) is 5.75 Å². The summed E-state index contributed by atoms with van der Waals surface area (Å²) in [6, 6.07) is 13.2. The first-order chi connectivity index (χ1) is 15.7. The van der Waals surface area contributed by atoms with E-state index in [0.29, 0.717) is 35.5 Å². The van der Waals surface area contributed by atoms with E-state index in [1.165, 1.54) is 24.3 Å². The van der Waals surface area contributed by atoms with Gasteiger partial charge >= 0.3 is 6.36 Å². The molecule has 0 saturated carbocycles. The van der Waals surface area contributed by atoms with Crippen LogP contribution in [-0.2, 0) is 0 Å². The Morgan fingerprint density at radius 3 is 2.55 bits per heavy atom. The van der Waals surface area contributed by atoms with Crippen molar-refractivity contribution in [2.75, 3.05) is 13.6 Å². The summed E-state index contributed by atoms with van der Waals surface area (Å²) in [5, 5.41) is 15.8. The topological polar surface area (TPSA) is 104 Å². The monoisotopic (exact) mass is 457 g/mol. The number of ether oxygens (including phenoxy) is 1. The second kappa shape index (κ2) is 8.91. The third kappa shape index (κ3) is 5.30. The number of alkyl halides is 3. The van der Waals surface area contributed by atoms with Gasteiger partial charge < -0.3 is 14.6 Å². The van der Waals surface area contributed by atoms with E-state index in [-0.39, 0.29) is 29.6 Å². The minimum Gasteiger partial charge on any atom is -0.406 e. The zero-order valence-corrected chi connectivity index (χ0v) is 17.3. The summed E-state index contributed by atoms with van der Waals surface area (Å²) in [5.41, 5.74) is 1.41. The molecule has 0 spiro atoms. The van der Waals surface area contributed by atoms with Gasteiger partial charge in [0.2, 0.25) is 11.7 Å². The van der Waals surface area contributed by atoms with Gasteiger partial charge in [0.25, 0.3) is 5.91 Å². The van der Waals surface area contributed by atoms with E-state index in [9.17, 15) is 18.0 Å². The lowest BCUT2D eigenvalue weighted by atomic mass is 10.1. The number of nitrogens with one attached hydrogen (secondary N) is 1. The Morgan fingerprint density at radius 1 is 1.21 bits per heavy atom. The Kier molecular flexibility index (Phi) is 6.02. The number of likely N-dealkylation sites (tertiary alicyclic amines) is 1. The fraction of sp³-hybridized carbons (Fsp3) is 0.273. The van der Waals surface area contributed by atoms with Crippen LogP contribution < -0.4 is 10.1 Å². The molecule has 1 aliphatic rings. The average molecular weight is 457 g/mol. The van der Waals surface area contributed by atoms with Gasteiger partial charge in [0.15, 0.2) is 0 Å². The zero-order chi connectivity index (χ0) is 23.6. The lowest BCUT2D eigenvalue weighted by Crippen LogP contribution is -2.36. The highest BCUT2D eigenvalue weighted by Gasteiger charge is 2.35. The number of hydrogen-bond donors (Lipinski definition) is 1. The van der Waals surface area contributed by atoms with E-state index in [1.54, 1.807) is 24.3 Å². The Labute approximate surface area is 186 Å². The SMILES string of the molecule is CN1CC(NC(=O)c2ccc(C#N)cc2)CC1c1nc(-c2ccc(OC(F)(F)F)cc2)no1. The third-order valence-corrected chi connectivity index (χ3v) is 5.23. The molecule has 2 atom stereocenters. The van der Waals surface area contributed by atoms with Crippen LogP contribution in [-0.4, -0.2) is 46.9 Å². The summed E-state index contributed by atoms with van der Waals surface area (Å²) >= 11 is 0. The number of benzene rings is 2. The predicted octanol–water partition coefficient (Wildman–Crippen LogP) is 3.68. The molecule has 1 fully saturated rings. The van der Waals surface area contributed by atoms with Crippen molar-refractivity contribution in [1.82, 2.24) is 20.4 Å². The van der Waals surface area contributed by atoms with E-state index < -0.39 is 6.36 Å². The molecule has 11 heteroatoms. The highest BCUT2D eigenvalue weighted by Crippen LogP contribution is 2.32. The van der Waals surface area contributed by atoms with Crippen LogP contribution in [0.3, 0.4) is 0 Å². The van der Waals surface area contributed by atoms with Crippen LogP contribution in [0.1, 0.15) is 34.3 Å². The number of carbonyl (C=O) groups is 1. The molecule has 1 amide bonds. The van der Waals surface area contributed by atoms with Gasteiger partial charge in [-0.25, -0.2) is 0 Å². The van der Waals surface area contributed by atoms with Crippen LogP contribution in [0, 0.1) is 11.3 Å². The van der Waals surface area contributed by atoms with Crippen molar-refractivity contribution in [3.8, 4) is 23.2 Å². The van der Waals surface area contributed by atoms with Gasteiger partial charge in [-0.05, 0) is 62.0 Å². The minimum absolute atomic E-state index is 0.155. The number of nitrogens with zero attached hydrogens (tertiary/aromatic N) is 4. The van der Waals surface area contributed by atoms with Crippen LogP contribution in [0.15, 0.2) is 53.1 Å². The Balaban J connectivity index is 1.40. The van der Waals surface area contributed by atoms with Crippen LogP contribution in [0.25, 0.3) is 11.4 Å². The summed E-state index contributed by atoms with van der Waals surface area (Å²) in [4.78, 5) is 18.9. The predicted molar refractivity (Wildman–Crippen MR) is 109 cm³/mol. The number of hydrogen-bond acceptors (Lipinski definition) is 7. The molecule has 0 bridgehead atoms. The molecule has 2 unspecified atom stereocenters. The van der Waals surface area contributed by atoms with Gasteiger partial charge in [0.05, 0.1) is 17.7 Å². The first-order valence-corrected chi connectivity index (χ1v) is 9.93. The molecule has 33 heavy (non-hydrogen) atoms. The molecule has 1 aromatic heterocycles. The Bertz CT molecular complexity index is 1170. The molecule has 0 aliphatic carbocycles. The fourth-order valence-electron chi connectivity index (χ4n) is 3.65. The number of nitriles is 1. The first kappa shape index (κ1) is 22.3. The molecule has 0 radical (unpaired) electrons. The molecule has 2 heterocycles. The largest absolute Gasteiger partial charge is 0.573 e. The first-order valence-electron chi connectivity index (χ1n) is 9.93. The number of carbonyl (C=O) groups excluding carboxylic acids is 1. The van der Waals surface area contributed by atoms with E-state index >= 15 is 0 Å². The third-order valence-electron chi connectivity index (χ3n) is 5.23. The second-order valence-electron chi connectivity index (χ2n) is 7.58. The maximum Gasteiger partial charge on any atom is 0.573 e. The number of amides is 1. The van der Waals surface area contributed by atoms with Gasteiger partial charge in [-0.3, -0.25) is 9.69 Å². The second-order valence-corrected chi connectivity index (χ2v) is 7.58. The summed E-state index contributed by atoms with van der Waals surface area (Å²) in [7, 11) is 1.87. The summed E-state index contributed by atoms with van der Waals surface area (Å²) in [6.45, 7) is 0.563. The van der Waals surface area contributed by atoms with Crippen molar-refractivity contribution in [3.05, 3.63) is 65.5 Å². The van der Waals surface area contributed by atoms with E-state index in [1.807, 2.05) is 18.0 Å². The number of rotatable bonds is 5. The molecule has 2 aromatic carbocycles. The number of halogens is 3. The summed E-state index contributed by atoms with van der Waals surface area (Å²) < 4.78 is 46.2. The van der Waals surface area contributed by atoms with Gasteiger partial charge in [0, 0.05) is 23.7 Å². The maximum absolute atomic E-state index is 12.5. The molecule has 170 valence electrons. The van der Waals surface area contributed by atoms with Crippen molar-refractivity contribution in [2.45, 2.75) is 24.9 Å². The average Bonchev–Trinajstić information content (AvgIpc) is 3.40. The quantitative estimate of drug-likeness (QED) is 0.623. The summed E-state index contributed by atoms with van der Waals surface area (Å²) in [5.74, 6) is -0.00229. The van der Waals surface area contributed by atoms with Gasteiger partial charge in [-0.1, -0.05) is 5.16 Å². The standard InChI is InChI=1S/C22H18F3N5O3/c1-30-12-16(27-20(31)15-4-2-13(11-26)3-5-15)10-18(30)21-28-19(29-33-21)14-6-8-17(9-7-14)32-22(23,24)25/h2-9,16,18H,10,12H2,1H3,(H,27,31). The lowest BCUT2D eigenvalue weighted by molar-refractivity contribution is -0.274. The molecule has 8 nitrogen and oxygen atoms in total. The summed E-state index contributed by atoms with van der Waals surface area (Å²) in [6.07, 6.45) is -4.22. The molecule has 1 aliphatic heterocycles. The fourth-order valence-corrected chi connectivity index (χ4v) is 3.65. The molecule has 1 N–H and O–H groups in total. The zero-order valence-electron chi connectivity index (χ0n) is 17.3. The van der Waals surface area contributed by atoms with Gasteiger partial charge in [-0.2, -0.15) is 10.2 Å². The minimum atomic E-state index is -4.76. The maximum atomic E-state index is 12.5. The van der Waals surface area contributed by atoms with Crippen molar-refractivity contribution in [3.63, 3.8) is 0 Å². The highest BCUT2D eigenvalue weighted by molar-refractivity contribution is 5.94. The van der Waals surface area contributed by atoms with Crippen LogP contribution >= 0.6 is 0 Å². The molecular formula is C22H18F3N5O3. The normalized spacial score (nSPS) is 18.6.